The van der Waals surface area contributed by atoms with E-state index in [1.165, 1.54) is 22.3 Å². The van der Waals surface area contributed by atoms with E-state index in [-0.39, 0.29) is 11.7 Å². The van der Waals surface area contributed by atoms with E-state index in [2.05, 4.69) is 55.3 Å². The van der Waals surface area contributed by atoms with Crippen molar-refractivity contribution in [1.82, 2.24) is 9.80 Å². The molecule has 0 bridgehead atoms. The molecule has 2 aliphatic heterocycles. The van der Waals surface area contributed by atoms with Crippen LogP contribution in [0.1, 0.15) is 64.2 Å². The van der Waals surface area contributed by atoms with Crippen LogP contribution in [0.25, 0.3) is 0 Å². The molecule has 0 aromatic heterocycles. The van der Waals surface area contributed by atoms with Crippen LogP contribution in [-0.2, 0) is 17.6 Å². The standard InChI is InChI=1S/C27H34N2O2/c1-20-3-5-21(6-4-20)23-13-17-29(18-14-23)27(31)10-9-26(30)25-8-7-22-11-15-28(2)16-12-24(22)19-25/h3-8,19,23H,9-18H2,1-2H3. The number of carbonyl (C=O) groups is 2. The van der Waals surface area contributed by atoms with E-state index in [0.29, 0.717) is 18.8 Å². The van der Waals surface area contributed by atoms with Crippen molar-refractivity contribution in [2.45, 2.75) is 51.4 Å². The van der Waals surface area contributed by atoms with Crippen molar-refractivity contribution < 1.29 is 9.59 Å². The summed E-state index contributed by atoms with van der Waals surface area (Å²) in [6.45, 7) is 5.78. The quantitative estimate of drug-likeness (QED) is 0.676. The summed E-state index contributed by atoms with van der Waals surface area (Å²) in [7, 11) is 2.15. The summed E-state index contributed by atoms with van der Waals surface area (Å²) in [5.74, 6) is 0.736. The van der Waals surface area contributed by atoms with Crippen LogP contribution < -0.4 is 0 Å². The van der Waals surface area contributed by atoms with Gasteiger partial charge in [-0.25, -0.2) is 0 Å². The number of fused-ring (bicyclic) bond motifs is 1. The summed E-state index contributed by atoms with van der Waals surface area (Å²) in [4.78, 5) is 29.7. The van der Waals surface area contributed by atoms with Gasteiger partial charge in [0.15, 0.2) is 5.78 Å². The van der Waals surface area contributed by atoms with Gasteiger partial charge in [0.05, 0.1) is 0 Å². The van der Waals surface area contributed by atoms with Gasteiger partial charge >= 0.3 is 0 Å². The first-order valence-electron chi connectivity index (χ1n) is 11.7. The minimum Gasteiger partial charge on any atom is -0.343 e. The summed E-state index contributed by atoms with van der Waals surface area (Å²) >= 11 is 0. The predicted molar refractivity (Wildman–Crippen MR) is 125 cm³/mol. The number of aryl methyl sites for hydroxylation is 1. The Bertz CT molecular complexity index is 927. The van der Waals surface area contributed by atoms with Crippen LogP contribution >= 0.6 is 0 Å². The molecule has 4 heteroatoms. The third-order valence-electron chi connectivity index (χ3n) is 7.02. The SMILES string of the molecule is Cc1ccc(C2CCN(C(=O)CCC(=O)c3ccc4c(c3)CCN(C)CC4)CC2)cc1. The van der Waals surface area contributed by atoms with Crippen molar-refractivity contribution in [3.63, 3.8) is 0 Å². The van der Waals surface area contributed by atoms with E-state index >= 15 is 0 Å². The largest absolute Gasteiger partial charge is 0.343 e. The van der Waals surface area contributed by atoms with Crippen LogP contribution in [0, 0.1) is 6.92 Å². The molecule has 2 heterocycles. The number of likely N-dealkylation sites (N-methyl/N-ethyl adjacent to an activating group) is 1. The van der Waals surface area contributed by atoms with Crippen LogP contribution in [0.3, 0.4) is 0 Å². The van der Waals surface area contributed by atoms with Gasteiger partial charge in [-0.1, -0.05) is 42.0 Å². The Morgan fingerprint density at radius 1 is 0.871 bits per heavy atom. The monoisotopic (exact) mass is 418 g/mol. The number of rotatable bonds is 5. The zero-order chi connectivity index (χ0) is 21.8. The fourth-order valence-corrected chi connectivity index (χ4v) is 4.83. The highest BCUT2D eigenvalue weighted by molar-refractivity contribution is 5.98. The maximum Gasteiger partial charge on any atom is 0.223 e. The van der Waals surface area contributed by atoms with Crippen molar-refractivity contribution in [2.75, 3.05) is 33.2 Å². The van der Waals surface area contributed by atoms with Crippen molar-refractivity contribution in [1.29, 1.82) is 0 Å². The van der Waals surface area contributed by atoms with Crippen LogP contribution in [0.15, 0.2) is 42.5 Å². The molecule has 0 atom stereocenters. The number of benzene rings is 2. The average molecular weight is 419 g/mol. The molecule has 0 radical (unpaired) electrons. The Morgan fingerprint density at radius 3 is 2.26 bits per heavy atom. The molecule has 0 spiro atoms. The van der Waals surface area contributed by atoms with Gasteiger partial charge in [0.2, 0.25) is 5.91 Å². The number of piperidine rings is 1. The molecule has 4 rings (SSSR count). The highest BCUT2D eigenvalue weighted by atomic mass is 16.2. The van der Waals surface area contributed by atoms with Gasteiger partial charge in [0, 0.05) is 44.6 Å². The number of amides is 1. The van der Waals surface area contributed by atoms with E-state index in [1.54, 1.807) is 0 Å². The lowest BCUT2D eigenvalue weighted by molar-refractivity contribution is -0.132. The Hall–Kier alpha value is -2.46. The summed E-state index contributed by atoms with van der Waals surface area (Å²) in [5.41, 5.74) is 6.06. The summed E-state index contributed by atoms with van der Waals surface area (Å²) in [6, 6.07) is 14.9. The van der Waals surface area contributed by atoms with Crippen LogP contribution in [0.5, 0.6) is 0 Å². The molecule has 2 aromatic rings. The molecule has 0 aliphatic carbocycles. The van der Waals surface area contributed by atoms with Crippen LogP contribution in [-0.4, -0.2) is 54.7 Å². The summed E-state index contributed by atoms with van der Waals surface area (Å²) in [5, 5.41) is 0. The molecule has 31 heavy (non-hydrogen) atoms. The molecular weight excluding hydrogens is 384 g/mol. The van der Waals surface area contributed by atoms with Gasteiger partial charge in [-0.2, -0.15) is 0 Å². The summed E-state index contributed by atoms with van der Waals surface area (Å²) < 4.78 is 0. The van der Waals surface area contributed by atoms with Crippen LogP contribution in [0.2, 0.25) is 0 Å². The highest BCUT2D eigenvalue weighted by Crippen LogP contribution is 2.28. The van der Waals surface area contributed by atoms with E-state index in [0.717, 1.165) is 57.4 Å². The zero-order valence-corrected chi connectivity index (χ0v) is 18.9. The molecule has 0 saturated carbocycles. The number of Topliss-reactive ketones (excluding diaryl/α,β-unsaturated/α-hetero) is 1. The average Bonchev–Trinajstić information content (AvgIpc) is 2.99. The lowest BCUT2D eigenvalue weighted by atomic mass is 9.89. The predicted octanol–water partition coefficient (Wildman–Crippen LogP) is 4.39. The smallest absolute Gasteiger partial charge is 0.223 e. The van der Waals surface area contributed by atoms with E-state index < -0.39 is 0 Å². The molecule has 0 N–H and O–H groups in total. The number of ketones is 1. The second-order valence-corrected chi connectivity index (χ2v) is 9.28. The van der Waals surface area contributed by atoms with Gasteiger partial charge in [0.25, 0.3) is 0 Å². The van der Waals surface area contributed by atoms with E-state index in [1.807, 2.05) is 11.0 Å². The fourth-order valence-electron chi connectivity index (χ4n) is 4.83. The van der Waals surface area contributed by atoms with Crippen molar-refractivity contribution in [2.24, 2.45) is 0 Å². The Balaban J connectivity index is 1.27. The molecule has 1 amide bonds. The minimum atomic E-state index is 0.0864. The third kappa shape index (κ3) is 5.43. The van der Waals surface area contributed by atoms with E-state index in [9.17, 15) is 9.59 Å². The lowest BCUT2D eigenvalue weighted by Gasteiger charge is -2.32. The number of carbonyl (C=O) groups excluding carboxylic acids is 2. The van der Waals surface area contributed by atoms with Gasteiger partial charge in [-0.3, -0.25) is 9.59 Å². The van der Waals surface area contributed by atoms with Crippen molar-refractivity contribution >= 4 is 11.7 Å². The first kappa shape index (κ1) is 21.8. The zero-order valence-electron chi connectivity index (χ0n) is 18.9. The van der Waals surface area contributed by atoms with Gasteiger partial charge < -0.3 is 9.80 Å². The Morgan fingerprint density at radius 2 is 1.55 bits per heavy atom. The number of hydrogen-bond donors (Lipinski definition) is 0. The fraction of sp³-hybridized carbons (Fsp3) is 0.481. The molecule has 4 nitrogen and oxygen atoms in total. The lowest BCUT2D eigenvalue weighted by Crippen LogP contribution is -2.38. The molecule has 164 valence electrons. The van der Waals surface area contributed by atoms with Crippen LogP contribution in [0.4, 0.5) is 0 Å². The maximum absolute atomic E-state index is 12.8. The maximum atomic E-state index is 12.8. The Kier molecular flexibility index (Phi) is 6.86. The molecule has 1 fully saturated rings. The van der Waals surface area contributed by atoms with Gasteiger partial charge in [-0.05, 0) is 68.3 Å². The molecular formula is C27H34N2O2. The second-order valence-electron chi connectivity index (χ2n) is 9.28. The normalized spacial score (nSPS) is 17.8. The molecule has 1 saturated heterocycles. The first-order valence-corrected chi connectivity index (χ1v) is 11.7. The van der Waals surface area contributed by atoms with Crippen molar-refractivity contribution in [3.8, 4) is 0 Å². The first-order chi connectivity index (χ1) is 15.0. The van der Waals surface area contributed by atoms with Crippen molar-refractivity contribution in [3.05, 3.63) is 70.3 Å². The number of nitrogens with zero attached hydrogens (tertiary/aromatic N) is 2. The Labute approximate surface area is 186 Å². The van der Waals surface area contributed by atoms with Gasteiger partial charge in [-0.15, -0.1) is 0 Å². The van der Waals surface area contributed by atoms with E-state index in [4.69, 9.17) is 0 Å². The highest BCUT2D eigenvalue weighted by Gasteiger charge is 2.24. The number of likely N-dealkylation sites (tertiary alicyclic amines) is 1. The topological polar surface area (TPSA) is 40.6 Å². The molecule has 2 aromatic carbocycles. The summed E-state index contributed by atoms with van der Waals surface area (Å²) in [6.07, 6.45) is 4.65. The third-order valence-corrected chi connectivity index (χ3v) is 7.02. The second kappa shape index (κ2) is 9.78. The van der Waals surface area contributed by atoms with Gasteiger partial charge in [0.1, 0.15) is 0 Å². The number of hydrogen-bond acceptors (Lipinski definition) is 3. The minimum absolute atomic E-state index is 0.0864. The molecule has 0 unspecified atom stereocenters. The molecule has 2 aliphatic rings.